The third kappa shape index (κ3) is 7.09. The van der Waals surface area contributed by atoms with Crippen LogP contribution in [0.2, 0.25) is 0 Å². The van der Waals surface area contributed by atoms with Crippen LogP contribution in [0.4, 0.5) is 10.1 Å². The van der Waals surface area contributed by atoms with E-state index in [1.807, 2.05) is 55.7 Å². The van der Waals surface area contributed by atoms with Gasteiger partial charge in [0.15, 0.2) is 11.8 Å². The van der Waals surface area contributed by atoms with E-state index in [9.17, 15) is 4.39 Å². The number of guanidine groups is 1. The van der Waals surface area contributed by atoms with Gasteiger partial charge in [-0.1, -0.05) is 12.1 Å². The van der Waals surface area contributed by atoms with Crippen molar-refractivity contribution in [2.75, 3.05) is 11.9 Å². The molecular formula is C23H29FN6O. The predicted molar refractivity (Wildman–Crippen MR) is 121 cm³/mol. The Morgan fingerprint density at radius 3 is 2.71 bits per heavy atom. The average molecular weight is 425 g/mol. The lowest BCUT2D eigenvalue weighted by Crippen LogP contribution is -2.32. The van der Waals surface area contributed by atoms with E-state index >= 15 is 0 Å². The highest BCUT2D eigenvalue weighted by atomic mass is 19.1. The lowest BCUT2D eigenvalue weighted by Gasteiger charge is -2.14. The van der Waals surface area contributed by atoms with Crippen molar-refractivity contribution in [2.45, 2.75) is 46.4 Å². The number of aliphatic imine (C=N–C) groups is 1. The summed E-state index contributed by atoms with van der Waals surface area (Å²) in [5.74, 6) is 1.98. The zero-order chi connectivity index (χ0) is 22.1. The minimum absolute atomic E-state index is 0.122. The van der Waals surface area contributed by atoms with Crippen molar-refractivity contribution in [3.63, 3.8) is 0 Å². The number of nitrogens with zero attached hydrogens (tertiary/aromatic N) is 4. The predicted octanol–water partition coefficient (Wildman–Crippen LogP) is 4.02. The number of anilines is 1. The lowest BCUT2D eigenvalue weighted by atomic mass is 10.1. The smallest absolute Gasteiger partial charge is 0.196 e. The van der Waals surface area contributed by atoms with Gasteiger partial charge in [0.05, 0.1) is 6.10 Å². The number of nitrogens with one attached hydrogen (secondary N) is 2. The SMILES string of the molecule is CCn1cnnc1CN=C(NCCc1cccc(F)c1)Nc1ccc(OC(C)C)cc1. The maximum absolute atomic E-state index is 13.4. The van der Waals surface area contributed by atoms with Gasteiger partial charge in [-0.05, 0) is 69.2 Å². The summed E-state index contributed by atoms with van der Waals surface area (Å²) in [5.41, 5.74) is 1.80. The summed E-state index contributed by atoms with van der Waals surface area (Å²) in [4.78, 5) is 4.66. The normalized spacial score (nSPS) is 11.6. The van der Waals surface area contributed by atoms with E-state index in [2.05, 4.69) is 25.8 Å². The van der Waals surface area contributed by atoms with E-state index in [0.717, 1.165) is 29.4 Å². The molecular weight excluding hydrogens is 395 g/mol. The van der Waals surface area contributed by atoms with E-state index in [0.29, 0.717) is 25.5 Å². The van der Waals surface area contributed by atoms with E-state index < -0.39 is 0 Å². The molecule has 0 spiro atoms. The number of benzene rings is 2. The molecule has 1 heterocycles. The van der Waals surface area contributed by atoms with Crippen LogP contribution in [0, 0.1) is 5.82 Å². The van der Waals surface area contributed by atoms with E-state index in [1.54, 1.807) is 18.5 Å². The highest BCUT2D eigenvalue weighted by Crippen LogP contribution is 2.17. The van der Waals surface area contributed by atoms with Crippen LogP contribution in [0.1, 0.15) is 32.2 Å². The Labute approximate surface area is 182 Å². The largest absolute Gasteiger partial charge is 0.491 e. The highest BCUT2D eigenvalue weighted by Gasteiger charge is 2.06. The number of ether oxygens (including phenoxy) is 1. The van der Waals surface area contributed by atoms with Gasteiger partial charge in [0.25, 0.3) is 0 Å². The Morgan fingerprint density at radius 1 is 1.19 bits per heavy atom. The van der Waals surface area contributed by atoms with Crippen molar-refractivity contribution in [2.24, 2.45) is 4.99 Å². The summed E-state index contributed by atoms with van der Waals surface area (Å²) >= 11 is 0. The summed E-state index contributed by atoms with van der Waals surface area (Å²) in [6.07, 6.45) is 2.49. The van der Waals surface area contributed by atoms with Gasteiger partial charge < -0.3 is 19.9 Å². The second-order valence-electron chi connectivity index (χ2n) is 7.32. The van der Waals surface area contributed by atoms with Crippen LogP contribution in [0.25, 0.3) is 0 Å². The quantitative estimate of drug-likeness (QED) is 0.401. The number of rotatable bonds is 9. The van der Waals surface area contributed by atoms with Gasteiger partial charge in [-0.3, -0.25) is 0 Å². The summed E-state index contributed by atoms with van der Waals surface area (Å²) in [6, 6.07) is 14.3. The monoisotopic (exact) mass is 424 g/mol. The molecule has 3 rings (SSSR count). The molecule has 0 saturated carbocycles. The molecule has 2 aromatic carbocycles. The fourth-order valence-corrected chi connectivity index (χ4v) is 3.00. The van der Waals surface area contributed by atoms with Crippen LogP contribution in [-0.2, 0) is 19.5 Å². The maximum atomic E-state index is 13.4. The molecule has 0 aliphatic heterocycles. The highest BCUT2D eigenvalue weighted by molar-refractivity contribution is 5.93. The summed E-state index contributed by atoms with van der Waals surface area (Å²) in [6.45, 7) is 7.80. The summed E-state index contributed by atoms with van der Waals surface area (Å²) in [7, 11) is 0. The average Bonchev–Trinajstić information content (AvgIpc) is 3.20. The summed E-state index contributed by atoms with van der Waals surface area (Å²) < 4.78 is 21.1. The van der Waals surface area contributed by atoms with Gasteiger partial charge in [0.2, 0.25) is 0 Å². The first kappa shape index (κ1) is 22.3. The minimum Gasteiger partial charge on any atom is -0.491 e. The molecule has 0 atom stereocenters. The van der Waals surface area contributed by atoms with Crippen molar-refractivity contribution >= 4 is 11.6 Å². The molecule has 3 aromatic rings. The number of aryl methyl sites for hydroxylation is 1. The molecule has 31 heavy (non-hydrogen) atoms. The Kier molecular flexibility index (Phi) is 7.98. The summed E-state index contributed by atoms with van der Waals surface area (Å²) in [5, 5.41) is 14.7. The second-order valence-corrected chi connectivity index (χ2v) is 7.32. The second kappa shape index (κ2) is 11.1. The Morgan fingerprint density at radius 2 is 2.00 bits per heavy atom. The van der Waals surface area contributed by atoms with Gasteiger partial charge >= 0.3 is 0 Å². The molecule has 0 aliphatic rings. The standard InChI is InChI=1S/C23H29FN6O/c1-4-30-16-27-29-22(30)15-26-23(25-13-12-18-6-5-7-19(24)14-18)28-20-8-10-21(11-9-20)31-17(2)3/h5-11,14,16-17H,4,12-13,15H2,1-3H3,(H2,25,26,28). The van der Waals surface area contributed by atoms with Crippen LogP contribution in [0.3, 0.4) is 0 Å². The van der Waals surface area contributed by atoms with E-state index in [1.165, 1.54) is 6.07 Å². The van der Waals surface area contributed by atoms with Crippen molar-refractivity contribution < 1.29 is 9.13 Å². The third-order valence-corrected chi connectivity index (χ3v) is 4.50. The van der Waals surface area contributed by atoms with Crippen molar-refractivity contribution in [3.05, 3.63) is 72.1 Å². The topological polar surface area (TPSA) is 76.4 Å². The first-order valence-electron chi connectivity index (χ1n) is 10.5. The maximum Gasteiger partial charge on any atom is 0.196 e. The molecule has 0 unspecified atom stereocenters. The van der Waals surface area contributed by atoms with Crippen LogP contribution >= 0.6 is 0 Å². The zero-order valence-electron chi connectivity index (χ0n) is 18.2. The lowest BCUT2D eigenvalue weighted by molar-refractivity contribution is 0.242. The number of hydrogen-bond donors (Lipinski definition) is 2. The van der Waals surface area contributed by atoms with Crippen molar-refractivity contribution in [1.29, 1.82) is 0 Å². The molecule has 164 valence electrons. The van der Waals surface area contributed by atoms with Gasteiger partial charge in [-0.15, -0.1) is 10.2 Å². The van der Waals surface area contributed by atoms with Gasteiger partial charge in [0, 0.05) is 18.8 Å². The van der Waals surface area contributed by atoms with Gasteiger partial charge in [0.1, 0.15) is 24.4 Å². The number of hydrogen-bond acceptors (Lipinski definition) is 4. The molecule has 1 aromatic heterocycles. The van der Waals surface area contributed by atoms with Crippen LogP contribution in [-0.4, -0.2) is 33.4 Å². The van der Waals surface area contributed by atoms with Crippen LogP contribution in [0.15, 0.2) is 59.9 Å². The van der Waals surface area contributed by atoms with Gasteiger partial charge in [-0.25, -0.2) is 9.38 Å². The number of halogens is 1. The van der Waals surface area contributed by atoms with Crippen molar-refractivity contribution in [3.8, 4) is 5.75 Å². The molecule has 0 fully saturated rings. The van der Waals surface area contributed by atoms with Gasteiger partial charge in [-0.2, -0.15) is 0 Å². The molecule has 7 nitrogen and oxygen atoms in total. The first-order valence-corrected chi connectivity index (χ1v) is 10.5. The third-order valence-electron chi connectivity index (χ3n) is 4.50. The molecule has 0 radical (unpaired) electrons. The van der Waals surface area contributed by atoms with Crippen molar-refractivity contribution in [1.82, 2.24) is 20.1 Å². The number of aromatic nitrogens is 3. The zero-order valence-corrected chi connectivity index (χ0v) is 18.2. The molecule has 2 N–H and O–H groups in total. The molecule has 0 aliphatic carbocycles. The van der Waals surface area contributed by atoms with Crippen LogP contribution in [0.5, 0.6) is 5.75 Å². The molecule has 0 bridgehead atoms. The van der Waals surface area contributed by atoms with E-state index in [4.69, 9.17) is 4.74 Å². The first-order chi connectivity index (χ1) is 15.0. The fraction of sp³-hybridized carbons (Fsp3) is 0.348. The Bertz CT molecular complexity index is 984. The molecule has 0 saturated heterocycles. The minimum atomic E-state index is -0.230. The van der Waals surface area contributed by atoms with Crippen LogP contribution < -0.4 is 15.4 Å². The Hall–Kier alpha value is -3.42. The van der Waals surface area contributed by atoms with E-state index in [-0.39, 0.29) is 11.9 Å². The fourth-order valence-electron chi connectivity index (χ4n) is 3.00. The Balaban J connectivity index is 1.67. The molecule has 0 amide bonds. The molecule has 8 heteroatoms.